The van der Waals surface area contributed by atoms with Gasteiger partial charge in [-0.05, 0) is 24.1 Å². The number of halogens is 1. The highest BCUT2D eigenvalue weighted by Gasteiger charge is 2.12. The van der Waals surface area contributed by atoms with Gasteiger partial charge in [0.15, 0.2) is 0 Å². The third-order valence-electron chi connectivity index (χ3n) is 2.79. The van der Waals surface area contributed by atoms with Crippen molar-refractivity contribution in [2.24, 2.45) is 0 Å². The lowest BCUT2D eigenvalue weighted by molar-refractivity contribution is 0.0490. The summed E-state index contributed by atoms with van der Waals surface area (Å²) < 4.78 is 4.81. The maximum atomic E-state index is 11.8. The van der Waals surface area contributed by atoms with Crippen LogP contribution in [0.3, 0.4) is 0 Å². The lowest BCUT2D eigenvalue weighted by atomic mass is 10.1. The van der Waals surface area contributed by atoms with Gasteiger partial charge in [-0.3, -0.25) is 0 Å². The van der Waals surface area contributed by atoms with Gasteiger partial charge in [-0.1, -0.05) is 23.7 Å². The third kappa shape index (κ3) is 6.23. The number of aliphatic hydroxyl groups excluding tert-OH is 1. The first kappa shape index (κ1) is 16.8. The Bertz CT molecular complexity index is 411. The van der Waals surface area contributed by atoms with Gasteiger partial charge in [-0.2, -0.15) is 0 Å². The van der Waals surface area contributed by atoms with Gasteiger partial charge in [0, 0.05) is 25.7 Å². The number of nitrogens with one attached hydrogen (secondary N) is 1. The fourth-order valence-electron chi connectivity index (χ4n) is 1.74. The van der Waals surface area contributed by atoms with E-state index in [1.807, 2.05) is 24.3 Å². The average molecular weight is 301 g/mol. The van der Waals surface area contributed by atoms with Crippen molar-refractivity contribution < 1.29 is 14.6 Å². The number of nitrogens with zero attached hydrogens (tertiary/aromatic N) is 1. The number of amides is 2. The van der Waals surface area contributed by atoms with Crippen LogP contribution >= 0.6 is 11.6 Å². The Morgan fingerprint density at radius 3 is 2.70 bits per heavy atom. The molecule has 6 heteroatoms. The summed E-state index contributed by atoms with van der Waals surface area (Å²) in [5.74, 6) is 0. The van der Waals surface area contributed by atoms with Crippen LogP contribution in [0.4, 0.5) is 4.79 Å². The van der Waals surface area contributed by atoms with Crippen LogP contribution < -0.4 is 5.32 Å². The highest BCUT2D eigenvalue weighted by atomic mass is 35.5. The molecule has 0 fully saturated rings. The van der Waals surface area contributed by atoms with Gasteiger partial charge in [0.25, 0.3) is 0 Å². The first-order valence-electron chi connectivity index (χ1n) is 6.43. The van der Waals surface area contributed by atoms with Gasteiger partial charge in [0.05, 0.1) is 19.3 Å². The van der Waals surface area contributed by atoms with Crippen LogP contribution in [0.1, 0.15) is 5.56 Å². The van der Waals surface area contributed by atoms with Crippen molar-refractivity contribution in [3.05, 3.63) is 34.9 Å². The Labute approximate surface area is 124 Å². The van der Waals surface area contributed by atoms with Crippen molar-refractivity contribution in [3.8, 4) is 0 Å². The van der Waals surface area contributed by atoms with Crippen LogP contribution in [0.2, 0.25) is 5.02 Å². The molecule has 1 atom stereocenters. The number of carbonyl (C=O) groups is 1. The lowest BCUT2D eigenvalue weighted by Gasteiger charge is -2.20. The molecule has 0 radical (unpaired) electrons. The standard InChI is InChI=1S/C14H21ClN2O3/c1-17(9-13(18)10-20-2)14(19)16-8-7-11-3-5-12(15)6-4-11/h3-6,13,18H,7-10H2,1-2H3,(H,16,19)/t13-/m1/s1. The Hall–Kier alpha value is -1.30. The van der Waals surface area contributed by atoms with E-state index in [1.54, 1.807) is 7.05 Å². The molecule has 1 rings (SSSR count). The van der Waals surface area contributed by atoms with Gasteiger partial charge in [-0.25, -0.2) is 4.79 Å². The van der Waals surface area contributed by atoms with Crippen molar-refractivity contribution in [3.63, 3.8) is 0 Å². The Kier molecular flexibility index (Phi) is 7.36. The SMILES string of the molecule is COC[C@H](O)CN(C)C(=O)NCCc1ccc(Cl)cc1. The first-order valence-corrected chi connectivity index (χ1v) is 6.81. The Morgan fingerprint density at radius 1 is 1.45 bits per heavy atom. The van der Waals surface area contributed by atoms with E-state index in [4.69, 9.17) is 16.3 Å². The van der Waals surface area contributed by atoms with E-state index in [-0.39, 0.29) is 19.2 Å². The second-order valence-electron chi connectivity index (χ2n) is 4.60. The van der Waals surface area contributed by atoms with E-state index in [2.05, 4.69) is 5.32 Å². The van der Waals surface area contributed by atoms with E-state index in [0.29, 0.717) is 11.6 Å². The molecule has 2 N–H and O–H groups in total. The quantitative estimate of drug-likeness (QED) is 0.803. The fourth-order valence-corrected chi connectivity index (χ4v) is 1.87. The number of aliphatic hydroxyl groups is 1. The fraction of sp³-hybridized carbons (Fsp3) is 0.500. The molecule has 0 spiro atoms. The second kappa shape index (κ2) is 8.79. The summed E-state index contributed by atoms with van der Waals surface area (Å²) in [5, 5.41) is 13.0. The zero-order valence-corrected chi connectivity index (χ0v) is 12.6. The molecule has 2 amide bonds. The van der Waals surface area contributed by atoms with Gasteiger partial charge < -0.3 is 20.1 Å². The smallest absolute Gasteiger partial charge is 0.317 e. The number of ether oxygens (including phenoxy) is 1. The van der Waals surface area contributed by atoms with Crippen molar-refractivity contribution in [2.45, 2.75) is 12.5 Å². The molecule has 112 valence electrons. The number of benzene rings is 1. The average Bonchev–Trinajstić information content (AvgIpc) is 2.41. The molecule has 20 heavy (non-hydrogen) atoms. The number of likely N-dealkylation sites (N-methyl/N-ethyl adjacent to an activating group) is 1. The van der Waals surface area contributed by atoms with Crippen LogP contribution in [-0.2, 0) is 11.2 Å². The molecule has 0 unspecified atom stereocenters. The molecule has 1 aromatic carbocycles. The lowest BCUT2D eigenvalue weighted by Crippen LogP contribution is -2.42. The largest absolute Gasteiger partial charge is 0.389 e. The molecule has 1 aromatic rings. The minimum atomic E-state index is -0.674. The van der Waals surface area contributed by atoms with Crippen molar-refractivity contribution in [2.75, 3.05) is 33.9 Å². The normalized spacial score (nSPS) is 12.0. The van der Waals surface area contributed by atoms with Crippen LogP contribution in [0.25, 0.3) is 0 Å². The molecule has 0 aliphatic rings. The van der Waals surface area contributed by atoms with E-state index in [1.165, 1.54) is 12.0 Å². The first-order chi connectivity index (χ1) is 9.52. The molecular weight excluding hydrogens is 280 g/mol. The monoisotopic (exact) mass is 300 g/mol. The molecule has 0 aromatic heterocycles. The number of hydrogen-bond acceptors (Lipinski definition) is 3. The second-order valence-corrected chi connectivity index (χ2v) is 5.03. The van der Waals surface area contributed by atoms with Gasteiger partial charge in [0.1, 0.15) is 0 Å². The molecule has 0 aliphatic heterocycles. The number of urea groups is 1. The van der Waals surface area contributed by atoms with Gasteiger partial charge >= 0.3 is 6.03 Å². The summed E-state index contributed by atoms with van der Waals surface area (Å²) in [6.45, 7) is 0.980. The highest BCUT2D eigenvalue weighted by molar-refractivity contribution is 6.30. The van der Waals surface area contributed by atoms with E-state index >= 15 is 0 Å². The van der Waals surface area contributed by atoms with Crippen molar-refractivity contribution >= 4 is 17.6 Å². The predicted octanol–water partition coefficient (Wildman–Crippen LogP) is 1.53. The van der Waals surface area contributed by atoms with E-state index in [0.717, 1.165) is 12.0 Å². The molecule has 0 heterocycles. The zero-order chi connectivity index (χ0) is 15.0. The van der Waals surface area contributed by atoms with Gasteiger partial charge in [-0.15, -0.1) is 0 Å². The summed E-state index contributed by atoms with van der Waals surface area (Å²) in [6, 6.07) is 7.30. The number of methoxy groups -OCH3 is 1. The van der Waals surface area contributed by atoms with E-state index < -0.39 is 6.10 Å². The predicted molar refractivity (Wildman–Crippen MR) is 79.1 cm³/mol. The van der Waals surface area contributed by atoms with E-state index in [9.17, 15) is 9.90 Å². The van der Waals surface area contributed by atoms with Crippen LogP contribution in [0.15, 0.2) is 24.3 Å². The molecule has 0 bridgehead atoms. The van der Waals surface area contributed by atoms with Crippen LogP contribution in [0.5, 0.6) is 0 Å². The van der Waals surface area contributed by atoms with Gasteiger partial charge in [0.2, 0.25) is 0 Å². The number of hydrogen-bond donors (Lipinski definition) is 2. The summed E-state index contributed by atoms with van der Waals surface area (Å²) in [7, 11) is 3.14. The minimum absolute atomic E-state index is 0.211. The summed E-state index contributed by atoms with van der Waals surface area (Å²) in [5.41, 5.74) is 1.11. The topological polar surface area (TPSA) is 61.8 Å². The van der Waals surface area contributed by atoms with Crippen LogP contribution in [-0.4, -0.2) is 56.0 Å². The van der Waals surface area contributed by atoms with Crippen molar-refractivity contribution in [1.82, 2.24) is 10.2 Å². The molecule has 0 aliphatic carbocycles. The Morgan fingerprint density at radius 2 is 2.10 bits per heavy atom. The molecule has 0 saturated carbocycles. The summed E-state index contributed by atoms with van der Waals surface area (Å²) >= 11 is 5.80. The molecular formula is C14H21ClN2O3. The third-order valence-corrected chi connectivity index (χ3v) is 3.05. The highest BCUT2D eigenvalue weighted by Crippen LogP contribution is 2.09. The number of carbonyl (C=O) groups excluding carboxylic acids is 1. The Balaban J connectivity index is 2.26. The summed E-state index contributed by atoms with van der Waals surface area (Å²) in [4.78, 5) is 13.2. The van der Waals surface area contributed by atoms with Crippen LogP contribution in [0, 0.1) is 0 Å². The molecule has 0 saturated heterocycles. The maximum Gasteiger partial charge on any atom is 0.317 e. The molecule has 5 nitrogen and oxygen atoms in total. The number of rotatable bonds is 7. The summed E-state index contributed by atoms with van der Waals surface area (Å²) in [6.07, 6.45) is 0.0594. The minimum Gasteiger partial charge on any atom is -0.389 e. The van der Waals surface area contributed by atoms with Crippen molar-refractivity contribution in [1.29, 1.82) is 0 Å². The maximum absolute atomic E-state index is 11.8. The zero-order valence-electron chi connectivity index (χ0n) is 11.8.